The molecule has 7 N–H and O–H groups in total. The van der Waals surface area contributed by atoms with Crippen molar-refractivity contribution in [3.05, 3.63) is 0 Å². The molecule has 0 amide bonds. The van der Waals surface area contributed by atoms with E-state index in [4.69, 9.17) is 10.8 Å². The minimum atomic E-state index is -0.931. The molecule has 0 aromatic heterocycles. The third kappa shape index (κ3) is 9.97. The van der Waals surface area contributed by atoms with E-state index in [2.05, 4.69) is 0 Å². The van der Waals surface area contributed by atoms with Crippen molar-refractivity contribution < 1.29 is 40.3 Å². The third-order valence-electron chi connectivity index (χ3n) is 1.00. The Bertz CT molecular complexity index is 98.5. The van der Waals surface area contributed by atoms with Crippen LogP contribution in [0, 0.1) is 5.92 Å². The maximum Gasteiger partial charge on any atom is 0.320 e. The van der Waals surface area contributed by atoms with Crippen LogP contribution < -0.4 is 5.73 Å². The molecule has 66 valence electrons. The van der Waals surface area contributed by atoms with E-state index in [1.54, 1.807) is 13.8 Å². The van der Waals surface area contributed by atoms with Crippen LogP contribution in [-0.2, 0) is 24.3 Å². The van der Waals surface area contributed by atoms with Crippen molar-refractivity contribution >= 4 is 5.97 Å². The zero-order chi connectivity index (χ0) is 6.73. The molecule has 0 aliphatic heterocycles. The van der Waals surface area contributed by atoms with Gasteiger partial charge in [-0.3, -0.25) is 4.79 Å². The summed E-state index contributed by atoms with van der Waals surface area (Å²) in [5.41, 5.74) is 5.16. The topological polar surface area (TPSA) is 126 Å². The van der Waals surface area contributed by atoms with E-state index in [1.165, 1.54) is 0 Å². The summed E-state index contributed by atoms with van der Waals surface area (Å²) in [6, 6.07) is -0.713. The van der Waals surface area contributed by atoms with E-state index in [9.17, 15) is 4.79 Å². The minimum absolute atomic E-state index is 0. The Morgan fingerprint density at radius 3 is 1.64 bits per heavy atom. The summed E-state index contributed by atoms with van der Waals surface area (Å²) in [6.45, 7) is 3.55. The van der Waals surface area contributed by atoms with Crippen LogP contribution in [0.4, 0.5) is 0 Å². The zero-order valence-corrected chi connectivity index (χ0v) is 9.76. The Morgan fingerprint density at radius 2 is 1.64 bits per heavy atom. The number of aliphatic carboxylic acids is 1. The second-order valence-corrected chi connectivity index (χ2v) is 2.11. The van der Waals surface area contributed by atoms with Crippen LogP contribution in [0.1, 0.15) is 13.8 Å². The van der Waals surface area contributed by atoms with Gasteiger partial charge in [-0.1, -0.05) is 13.8 Å². The van der Waals surface area contributed by atoms with Gasteiger partial charge < -0.3 is 21.8 Å². The summed E-state index contributed by atoms with van der Waals surface area (Å²) < 4.78 is 0. The average molecular weight is 219 g/mol. The number of carbonyl (C=O) groups is 1. The van der Waals surface area contributed by atoms with E-state index in [1.807, 2.05) is 0 Å². The van der Waals surface area contributed by atoms with Crippen LogP contribution in [0.5, 0.6) is 0 Å². The van der Waals surface area contributed by atoms with Crippen LogP contribution in [0.3, 0.4) is 0 Å². The standard InChI is InChI=1S/C5H11NO2.2H2O.Zn/c1-3(2)4(6)5(7)8;;;/h3-4H,6H2,1-2H3,(H,7,8);2*1H2;. The first-order chi connectivity index (χ1) is 3.55. The Labute approximate surface area is 78.3 Å². The molecule has 0 bridgehead atoms. The van der Waals surface area contributed by atoms with Crippen LogP contribution >= 0.6 is 0 Å². The molecule has 0 rings (SSSR count). The van der Waals surface area contributed by atoms with Gasteiger partial charge in [0, 0.05) is 19.5 Å². The van der Waals surface area contributed by atoms with E-state index in [0.717, 1.165) is 0 Å². The molecule has 0 heterocycles. The fourth-order valence-electron chi connectivity index (χ4n) is 0.285. The van der Waals surface area contributed by atoms with Crippen LogP contribution in [0.2, 0.25) is 0 Å². The van der Waals surface area contributed by atoms with Gasteiger partial charge in [0.15, 0.2) is 0 Å². The first kappa shape index (κ1) is 22.4. The van der Waals surface area contributed by atoms with E-state index >= 15 is 0 Å². The van der Waals surface area contributed by atoms with Gasteiger partial charge in [0.1, 0.15) is 6.04 Å². The van der Waals surface area contributed by atoms with Crippen molar-refractivity contribution in [1.29, 1.82) is 0 Å². The molecular formula is C5H15NO4Zn. The Hall–Kier alpha value is -0.0266. The largest absolute Gasteiger partial charge is 0.480 e. The Kier molecular flexibility index (Phi) is 20.4. The fraction of sp³-hybridized carbons (Fsp3) is 0.800. The summed E-state index contributed by atoms with van der Waals surface area (Å²) >= 11 is 0. The van der Waals surface area contributed by atoms with Gasteiger partial charge in [0.25, 0.3) is 0 Å². The summed E-state index contributed by atoms with van der Waals surface area (Å²) in [5, 5.41) is 8.23. The number of hydrogen-bond acceptors (Lipinski definition) is 2. The van der Waals surface area contributed by atoms with Gasteiger partial charge in [0.2, 0.25) is 0 Å². The quantitative estimate of drug-likeness (QED) is 0.542. The number of carboxylic acid groups (broad SMARTS) is 1. The van der Waals surface area contributed by atoms with Crippen molar-refractivity contribution in [3.8, 4) is 0 Å². The van der Waals surface area contributed by atoms with E-state index < -0.39 is 12.0 Å². The summed E-state index contributed by atoms with van der Waals surface area (Å²) in [4.78, 5) is 10.0. The molecule has 5 nitrogen and oxygen atoms in total. The summed E-state index contributed by atoms with van der Waals surface area (Å²) in [5.74, 6) is -0.910. The molecule has 6 heteroatoms. The molecular weight excluding hydrogens is 203 g/mol. The SMILES string of the molecule is CC(C)C(N)C(=O)O.O.O.[Zn]. The second kappa shape index (κ2) is 9.97. The predicted octanol–water partition coefficient (Wildman–Crippen LogP) is -1.60. The fourth-order valence-corrected chi connectivity index (χ4v) is 0.285. The molecule has 0 spiro atoms. The van der Waals surface area contributed by atoms with E-state index in [0.29, 0.717) is 0 Å². The second-order valence-electron chi connectivity index (χ2n) is 2.11. The molecule has 0 fully saturated rings. The van der Waals surface area contributed by atoms with Crippen molar-refractivity contribution in [2.75, 3.05) is 0 Å². The normalized spacial score (nSPS) is 10.2. The molecule has 11 heavy (non-hydrogen) atoms. The molecule has 0 saturated carbocycles. The van der Waals surface area contributed by atoms with Gasteiger partial charge in [-0.25, -0.2) is 0 Å². The zero-order valence-electron chi connectivity index (χ0n) is 6.79. The van der Waals surface area contributed by atoms with Gasteiger partial charge >= 0.3 is 5.97 Å². The molecule has 0 aliphatic carbocycles. The smallest absolute Gasteiger partial charge is 0.320 e. The van der Waals surface area contributed by atoms with Crippen molar-refractivity contribution in [3.63, 3.8) is 0 Å². The molecule has 0 aromatic carbocycles. The molecule has 0 aliphatic rings. The van der Waals surface area contributed by atoms with Crippen molar-refractivity contribution in [1.82, 2.24) is 0 Å². The number of nitrogens with two attached hydrogens (primary N) is 1. The number of hydrogen-bond donors (Lipinski definition) is 2. The van der Waals surface area contributed by atoms with E-state index in [-0.39, 0.29) is 36.3 Å². The van der Waals surface area contributed by atoms with Gasteiger partial charge in [0.05, 0.1) is 0 Å². The minimum Gasteiger partial charge on any atom is -0.480 e. The van der Waals surface area contributed by atoms with Gasteiger partial charge in [-0.05, 0) is 5.92 Å². The van der Waals surface area contributed by atoms with Gasteiger partial charge in [-0.15, -0.1) is 0 Å². The third-order valence-corrected chi connectivity index (χ3v) is 1.00. The molecule has 0 radical (unpaired) electrons. The summed E-state index contributed by atoms with van der Waals surface area (Å²) in [6.07, 6.45) is 0. The van der Waals surface area contributed by atoms with Crippen molar-refractivity contribution in [2.45, 2.75) is 19.9 Å². The first-order valence-electron chi connectivity index (χ1n) is 2.54. The number of rotatable bonds is 2. The Morgan fingerprint density at radius 1 is 1.36 bits per heavy atom. The molecule has 0 aromatic rings. The van der Waals surface area contributed by atoms with Crippen molar-refractivity contribution in [2.24, 2.45) is 11.7 Å². The van der Waals surface area contributed by atoms with Gasteiger partial charge in [-0.2, -0.15) is 0 Å². The summed E-state index contributed by atoms with van der Waals surface area (Å²) in [7, 11) is 0. The van der Waals surface area contributed by atoms with Crippen LogP contribution in [0.15, 0.2) is 0 Å². The average Bonchev–Trinajstić information content (AvgIpc) is 1.64. The predicted molar refractivity (Wildman–Crippen MR) is 37.7 cm³/mol. The maximum absolute atomic E-state index is 10.0. The molecule has 1 atom stereocenters. The molecule has 0 saturated heterocycles. The maximum atomic E-state index is 10.0. The number of carboxylic acids is 1. The first-order valence-corrected chi connectivity index (χ1v) is 2.54. The Balaban J connectivity index is -0.0000000817. The molecule has 1 unspecified atom stereocenters. The monoisotopic (exact) mass is 217 g/mol. The van der Waals surface area contributed by atoms with Crippen LogP contribution in [0.25, 0.3) is 0 Å². The van der Waals surface area contributed by atoms with Crippen LogP contribution in [-0.4, -0.2) is 28.1 Å².